The lowest BCUT2D eigenvalue weighted by Crippen LogP contribution is -2.34. The van der Waals surface area contributed by atoms with Crippen LogP contribution >= 0.6 is 0 Å². The Kier molecular flexibility index (Phi) is 2.71. The molecule has 0 bridgehead atoms. The van der Waals surface area contributed by atoms with Crippen molar-refractivity contribution in [2.75, 3.05) is 14.2 Å². The smallest absolute Gasteiger partial charge is 0.324 e. The summed E-state index contributed by atoms with van der Waals surface area (Å²) in [6.07, 6.45) is 0.422. The van der Waals surface area contributed by atoms with Gasteiger partial charge in [-0.2, -0.15) is 0 Å². The molecular weight excluding hydrogens is 222 g/mol. The number of carboxylic acids is 1. The number of aliphatic carboxylic acids is 1. The third kappa shape index (κ3) is 1.82. The Labute approximate surface area is 99.1 Å². The van der Waals surface area contributed by atoms with Crippen LogP contribution in [0, 0.1) is 0 Å². The van der Waals surface area contributed by atoms with Crippen LogP contribution in [0.4, 0.5) is 0 Å². The maximum atomic E-state index is 11.0. The fraction of sp³-hybridized carbons (Fsp3) is 0.417. The third-order valence-electron chi connectivity index (χ3n) is 3.21. The van der Waals surface area contributed by atoms with Gasteiger partial charge in [0.25, 0.3) is 0 Å². The van der Waals surface area contributed by atoms with Gasteiger partial charge in [0.15, 0.2) is 0 Å². The maximum absolute atomic E-state index is 11.0. The Morgan fingerprint density at radius 1 is 1.47 bits per heavy atom. The number of carbonyl (C=O) groups is 1. The average molecular weight is 237 g/mol. The van der Waals surface area contributed by atoms with Crippen LogP contribution in [0.1, 0.15) is 17.9 Å². The quantitative estimate of drug-likeness (QED) is 0.815. The first-order valence-corrected chi connectivity index (χ1v) is 5.27. The van der Waals surface area contributed by atoms with Crippen molar-refractivity contribution in [1.29, 1.82) is 0 Å². The van der Waals surface area contributed by atoms with Gasteiger partial charge in [-0.25, -0.2) is 0 Å². The number of methoxy groups -OCH3 is 2. The van der Waals surface area contributed by atoms with Crippen LogP contribution in [0.5, 0.6) is 11.5 Å². The van der Waals surface area contributed by atoms with Gasteiger partial charge in [-0.05, 0) is 24.6 Å². The summed E-state index contributed by atoms with van der Waals surface area (Å²) >= 11 is 0. The van der Waals surface area contributed by atoms with E-state index in [0.29, 0.717) is 17.9 Å². The van der Waals surface area contributed by atoms with Gasteiger partial charge in [-0.15, -0.1) is 0 Å². The fourth-order valence-corrected chi connectivity index (χ4v) is 2.01. The van der Waals surface area contributed by atoms with Gasteiger partial charge >= 0.3 is 5.97 Å². The van der Waals surface area contributed by atoms with E-state index in [1.807, 2.05) is 0 Å². The SMILES string of the molecule is COc1ccc(OC)c([C@H]2C[C@]2(N)C(=O)O)c1. The molecule has 0 heterocycles. The predicted octanol–water partition coefficient (Wildman–Crippen LogP) is 0.973. The topological polar surface area (TPSA) is 81.8 Å². The molecule has 5 nitrogen and oxygen atoms in total. The molecule has 1 aromatic carbocycles. The van der Waals surface area contributed by atoms with Gasteiger partial charge in [0.05, 0.1) is 14.2 Å². The van der Waals surface area contributed by atoms with Crippen molar-refractivity contribution in [3.05, 3.63) is 23.8 Å². The van der Waals surface area contributed by atoms with Crippen molar-refractivity contribution in [2.24, 2.45) is 5.73 Å². The van der Waals surface area contributed by atoms with Crippen LogP contribution in [0.25, 0.3) is 0 Å². The molecule has 1 aromatic rings. The molecule has 0 saturated heterocycles. The van der Waals surface area contributed by atoms with Crippen molar-refractivity contribution in [1.82, 2.24) is 0 Å². The van der Waals surface area contributed by atoms with E-state index in [1.165, 1.54) is 0 Å². The molecule has 5 heteroatoms. The monoisotopic (exact) mass is 237 g/mol. The van der Waals surface area contributed by atoms with Crippen molar-refractivity contribution < 1.29 is 19.4 Å². The van der Waals surface area contributed by atoms with Crippen LogP contribution < -0.4 is 15.2 Å². The number of rotatable bonds is 4. The summed E-state index contributed by atoms with van der Waals surface area (Å²) in [6, 6.07) is 5.31. The number of nitrogens with two attached hydrogens (primary N) is 1. The molecule has 17 heavy (non-hydrogen) atoms. The lowest BCUT2D eigenvalue weighted by Gasteiger charge is -2.11. The highest BCUT2D eigenvalue weighted by Crippen LogP contribution is 2.52. The Balaban J connectivity index is 2.36. The van der Waals surface area contributed by atoms with Gasteiger partial charge in [0, 0.05) is 11.5 Å². The lowest BCUT2D eigenvalue weighted by atomic mass is 10.0. The molecule has 3 N–H and O–H groups in total. The number of carboxylic acid groups (broad SMARTS) is 1. The molecule has 92 valence electrons. The van der Waals surface area contributed by atoms with Crippen molar-refractivity contribution in [3.8, 4) is 11.5 Å². The Morgan fingerprint density at radius 2 is 2.18 bits per heavy atom. The van der Waals surface area contributed by atoms with E-state index in [4.69, 9.17) is 20.3 Å². The first-order valence-electron chi connectivity index (χ1n) is 5.27. The minimum Gasteiger partial charge on any atom is -0.497 e. The molecule has 1 saturated carbocycles. The zero-order valence-corrected chi connectivity index (χ0v) is 9.77. The molecule has 0 radical (unpaired) electrons. The highest BCUT2D eigenvalue weighted by molar-refractivity contribution is 5.85. The summed E-state index contributed by atoms with van der Waals surface area (Å²) in [5.74, 6) is 0.113. The molecule has 1 aliphatic rings. The summed E-state index contributed by atoms with van der Waals surface area (Å²) in [5.41, 5.74) is 5.41. The van der Waals surface area contributed by atoms with E-state index < -0.39 is 11.5 Å². The Bertz CT molecular complexity index is 460. The molecule has 2 rings (SSSR count). The Morgan fingerprint density at radius 3 is 2.65 bits per heavy atom. The number of hydrogen-bond acceptors (Lipinski definition) is 4. The van der Waals surface area contributed by atoms with Crippen LogP contribution in [-0.2, 0) is 4.79 Å². The minimum absolute atomic E-state index is 0.218. The highest BCUT2D eigenvalue weighted by atomic mass is 16.5. The van der Waals surface area contributed by atoms with Gasteiger partial charge in [0.2, 0.25) is 0 Å². The maximum Gasteiger partial charge on any atom is 0.324 e. The predicted molar refractivity (Wildman–Crippen MR) is 61.5 cm³/mol. The van der Waals surface area contributed by atoms with E-state index in [9.17, 15) is 4.79 Å². The van der Waals surface area contributed by atoms with Crippen LogP contribution in [-0.4, -0.2) is 30.8 Å². The second kappa shape index (κ2) is 3.92. The second-order valence-electron chi connectivity index (χ2n) is 4.21. The van der Waals surface area contributed by atoms with E-state index in [0.717, 1.165) is 5.56 Å². The van der Waals surface area contributed by atoms with Crippen LogP contribution in [0.3, 0.4) is 0 Å². The van der Waals surface area contributed by atoms with Crippen LogP contribution in [0.2, 0.25) is 0 Å². The van der Waals surface area contributed by atoms with E-state index in [1.54, 1.807) is 32.4 Å². The van der Waals surface area contributed by atoms with Crippen molar-refractivity contribution >= 4 is 5.97 Å². The highest BCUT2D eigenvalue weighted by Gasteiger charge is 2.59. The molecule has 0 spiro atoms. The third-order valence-corrected chi connectivity index (χ3v) is 3.21. The summed E-state index contributed by atoms with van der Waals surface area (Å²) in [7, 11) is 3.11. The molecule has 1 fully saturated rings. The van der Waals surface area contributed by atoms with Gasteiger partial charge in [-0.3, -0.25) is 4.79 Å². The first kappa shape index (κ1) is 11.7. The minimum atomic E-state index is -1.17. The van der Waals surface area contributed by atoms with Crippen molar-refractivity contribution in [2.45, 2.75) is 17.9 Å². The normalized spacial score (nSPS) is 26.4. The first-order chi connectivity index (χ1) is 8.02. The second-order valence-corrected chi connectivity index (χ2v) is 4.21. The van der Waals surface area contributed by atoms with Gasteiger partial charge in [0.1, 0.15) is 17.0 Å². The summed E-state index contributed by atoms with van der Waals surface area (Å²) in [4.78, 5) is 11.0. The summed E-state index contributed by atoms with van der Waals surface area (Å²) < 4.78 is 10.3. The van der Waals surface area contributed by atoms with E-state index in [2.05, 4.69) is 0 Å². The molecule has 0 aliphatic heterocycles. The molecular formula is C12H15NO4. The fourth-order valence-electron chi connectivity index (χ4n) is 2.01. The summed E-state index contributed by atoms with van der Waals surface area (Å²) in [5, 5.41) is 9.04. The summed E-state index contributed by atoms with van der Waals surface area (Å²) in [6.45, 7) is 0. The molecule has 0 amide bonds. The number of ether oxygens (including phenoxy) is 2. The molecule has 2 atom stereocenters. The van der Waals surface area contributed by atoms with Crippen LogP contribution in [0.15, 0.2) is 18.2 Å². The van der Waals surface area contributed by atoms with Gasteiger partial charge < -0.3 is 20.3 Å². The lowest BCUT2D eigenvalue weighted by molar-refractivity contribution is -0.139. The number of hydrogen-bond donors (Lipinski definition) is 2. The zero-order chi connectivity index (χ0) is 12.6. The largest absolute Gasteiger partial charge is 0.497 e. The van der Waals surface area contributed by atoms with E-state index >= 15 is 0 Å². The number of benzene rings is 1. The molecule has 1 aliphatic carbocycles. The zero-order valence-electron chi connectivity index (χ0n) is 9.77. The van der Waals surface area contributed by atoms with Crippen molar-refractivity contribution in [3.63, 3.8) is 0 Å². The standard InChI is InChI=1S/C12H15NO4/c1-16-7-3-4-10(17-2)8(5-7)9-6-12(9,13)11(14)15/h3-5,9H,6,13H2,1-2H3,(H,14,15)/t9-,12-/m1/s1. The average Bonchev–Trinajstić information content (AvgIpc) is 3.02. The molecule has 0 unspecified atom stereocenters. The molecule has 0 aromatic heterocycles. The Hall–Kier alpha value is -1.75. The van der Waals surface area contributed by atoms with Gasteiger partial charge in [-0.1, -0.05) is 0 Å². The van der Waals surface area contributed by atoms with E-state index in [-0.39, 0.29) is 5.92 Å².